The number of anilines is 2. The van der Waals surface area contributed by atoms with Gasteiger partial charge in [0.15, 0.2) is 0 Å². The second-order valence-corrected chi connectivity index (χ2v) is 11.5. The number of nitrogens with zero attached hydrogens (tertiary/aromatic N) is 3. The van der Waals surface area contributed by atoms with Gasteiger partial charge < -0.3 is 10.6 Å². The maximum atomic E-state index is 13.1. The third kappa shape index (κ3) is 4.85. The van der Waals surface area contributed by atoms with Gasteiger partial charge in [0.1, 0.15) is 15.9 Å². The van der Waals surface area contributed by atoms with Crippen LogP contribution in [-0.2, 0) is 10.0 Å². The van der Waals surface area contributed by atoms with Crippen molar-refractivity contribution >= 4 is 73.3 Å². The Balaban J connectivity index is 1.56. The van der Waals surface area contributed by atoms with E-state index in [9.17, 15) is 18.0 Å². The topological polar surface area (TPSA) is 135 Å². The Bertz CT molecular complexity index is 1490. The lowest BCUT2D eigenvalue weighted by Gasteiger charge is -2.13. The summed E-state index contributed by atoms with van der Waals surface area (Å²) in [6.45, 7) is 1.67. The van der Waals surface area contributed by atoms with Crippen LogP contribution in [0.2, 0.25) is 5.02 Å². The largest absolute Gasteiger partial charge is 0.387 e. The highest BCUT2D eigenvalue weighted by atomic mass is 35.5. The zero-order chi connectivity index (χ0) is 24.6. The smallest absolute Gasteiger partial charge is 0.333 e. The number of aryl methyl sites for hydroxylation is 1. The van der Waals surface area contributed by atoms with Crippen molar-refractivity contribution in [1.29, 1.82) is 0 Å². The van der Waals surface area contributed by atoms with Crippen molar-refractivity contribution in [1.82, 2.24) is 19.3 Å². The number of nitrogens with one attached hydrogen (secondary N) is 3. The maximum Gasteiger partial charge on any atom is 0.333 e. The van der Waals surface area contributed by atoms with E-state index in [0.717, 1.165) is 11.8 Å². The Hall–Kier alpha value is -2.80. The van der Waals surface area contributed by atoms with Crippen LogP contribution >= 0.6 is 35.0 Å². The lowest BCUT2D eigenvalue weighted by molar-refractivity contribution is 0.256. The van der Waals surface area contributed by atoms with Gasteiger partial charge in [0, 0.05) is 7.05 Å². The van der Waals surface area contributed by atoms with Crippen molar-refractivity contribution in [3.8, 4) is 5.82 Å². The summed E-state index contributed by atoms with van der Waals surface area (Å²) in [5.41, 5.74) is 1.00. The molecule has 0 saturated carbocycles. The normalized spacial score (nSPS) is 15.8. The van der Waals surface area contributed by atoms with E-state index in [-0.39, 0.29) is 26.0 Å². The second-order valence-electron chi connectivity index (χ2n) is 7.15. The number of fused-ring (bicyclic) bond motifs is 1. The molecule has 3 heterocycles. The van der Waals surface area contributed by atoms with Gasteiger partial charge in [-0.25, -0.2) is 32.5 Å². The number of hydrogen-bond acceptors (Lipinski definition) is 8. The predicted molar refractivity (Wildman–Crippen MR) is 135 cm³/mol. The molecule has 0 saturated heterocycles. The summed E-state index contributed by atoms with van der Waals surface area (Å²) in [5.74, 6) is 0.670. The Kier molecular flexibility index (Phi) is 6.76. The van der Waals surface area contributed by atoms with Gasteiger partial charge in [0.05, 0.1) is 38.2 Å². The molecule has 0 fully saturated rings. The first-order valence-electron chi connectivity index (χ1n) is 9.81. The molecule has 4 rings (SSSR count). The zero-order valence-electron chi connectivity index (χ0n) is 17.8. The average molecular weight is 541 g/mol. The van der Waals surface area contributed by atoms with Crippen LogP contribution in [0.25, 0.3) is 16.7 Å². The molecule has 14 heteroatoms. The van der Waals surface area contributed by atoms with E-state index in [0.29, 0.717) is 33.9 Å². The number of benzene rings is 1. The minimum atomic E-state index is -4.02. The number of thioether (sulfide) groups is 1. The van der Waals surface area contributed by atoms with Gasteiger partial charge in [-0.15, -0.1) is 11.6 Å². The molecule has 1 unspecified atom stereocenters. The van der Waals surface area contributed by atoms with E-state index in [1.54, 1.807) is 26.1 Å². The number of halogens is 2. The first-order chi connectivity index (χ1) is 16.1. The Morgan fingerprint density at radius 2 is 2.06 bits per heavy atom. The van der Waals surface area contributed by atoms with Gasteiger partial charge >= 0.3 is 6.03 Å². The standard InChI is InChI=1S/C20H18Cl2N6O4S2/c1-10-25-14-8-15(23-2)13(21)7-12(14)19(29)28(10)17-5-3-11(9-24-17)26-20(30)27-34(31,32)18-6-4-16(22)33-18/h3,5-9,16,23H,4H2,1-2H3,(H2,26,27,30). The van der Waals surface area contributed by atoms with Crippen LogP contribution in [0.4, 0.5) is 16.2 Å². The number of carbonyl (C=O) groups is 1. The van der Waals surface area contributed by atoms with Crippen LogP contribution in [0.1, 0.15) is 12.2 Å². The first-order valence-corrected chi connectivity index (χ1v) is 13.0. The molecule has 0 spiro atoms. The van der Waals surface area contributed by atoms with Crippen molar-refractivity contribution < 1.29 is 13.2 Å². The van der Waals surface area contributed by atoms with Crippen LogP contribution in [0.15, 0.2) is 45.6 Å². The molecule has 1 atom stereocenters. The van der Waals surface area contributed by atoms with Gasteiger partial charge in [-0.1, -0.05) is 29.4 Å². The fraction of sp³-hybridized carbons (Fsp3) is 0.200. The van der Waals surface area contributed by atoms with Crippen molar-refractivity contribution in [2.45, 2.75) is 18.1 Å². The lowest BCUT2D eigenvalue weighted by Crippen LogP contribution is -2.34. The number of rotatable bonds is 5. The summed E-state index contributed by atoms with van der Waals surface area (Å²) in [4.78, 5) is 34.0. The maximum absolute atomic E-state index is 13.1. The Morgan fingerprint density at radius 1 is 1.29 bits per heavy atom. The van der Waals surface area contributed by atoms with E-state index in [1.807, 2.05) is 4.72 Å². The number of pyridine rings is 1. The zero-order valence-corrected chi connectivity index (χ0v) is 20.9. The van der Waals surface area contributed by atoms with Gasteiger partial charge in [-0.2, -0.15) is 0 Å². The van der Waals surface area contributed by atoms with Crippen LogP contribution in [-0.4, -0.2) is 40.7 Å². The molecule has 1 aliphatic rings. The van der Waals surface area contributed by atoms with E-state index in [4.69, 9.17) is 23.2 Å². The Morgan fingerprint density at radius 3 is 2.68 bits per heavy atom. The molecule has 3 N–H and O–H groups in total. The summed E-state index contributed by atoms with van der Waals surface area (Å²) in [7, 11) is -2.30. The van der Waals surface area contributed by atoms with Crippen molar-refractivity contribution in [2.75, 3.05) is 17.7 Å². The molecule has 34 heavy (non-hydrogen) atoms. The first kappa shape index (κ1) is 24.3. The molecular weight excluding hydrogens is 523 g/mol. The van der Waals surface area contributed by atoms with Gasteiger partial charge in [0.2, 0.25) is 0 Å². The molecule has 178 valence electrons. The van der Waals surface area contributed by atoms with Crippen LogP contribution in [0.3, 0.4) is 0 Å². The molecule has 2 aromatic heterocycles. The minimum absolute atomic E-state index is 0.00304. The summed E-state index contributed by atoms with van der Waals surface area (Å²) in [6.07, 6.45) is 3.15. The minimum Gasteiger partial charge on any atom is -0.387 e. The van der Waals surface area contributed by atoms with E-state index in [1.165, 1.54) is 29.0 Å². The fourth-order valence-electron chi connectivity index (χ4n) is 3.28. The van der Waals surface area contributed by atoms with Crippen LogP contribution in [0, 0.1) is 6.92 Å². The summed E-state index contributed by atoms with van der Waals surface area (Å²) >= 11 is 13.1. The van der Waals surface area contributed by atoms with Crippen molar-refractivity contribution in [2.24, 2.45) is 0 Å². The third-order valence-corrected chi connectivity index (χ3v) is 8.54. The highest BCUT2D eigenvalue weighted by molar-refractivity contribution is 8.19. The lowest BCUT2D eigenvalue weighted by atomic mass is 10.2. The fourth-order valence-corrected chi connectivity index (χ4v) is 6.41. The quantitative estimate of drug-likeness (QED) is 0.416. The van der Waals surface area contributed by atoms with Gasteiger partial charge in [-0.3, -0.25) is 4.79 Å². The van der Waals surface area contributed by atoms with Crippen LogP contribution < -0.4 is 20.9 Å². The number of aromatic nitrogens is 3. The molecule has 10 nitrogen and oxygen atoms in total. The molecule has 1 aromatic carbocycles. The summed E-state index contributed by atoms with van der Waals surface area (Å²) in [6, 6.07) is 5.27. The molecule has 0 aliphatic carbocycles. The van der Waals surface area contributed by atoms with Gasteiger partial charge in [0.25, 0.3) is 15.6 Å². The molecule has 0 radical (unpaired) electrons. The number of amides is 2. The Labute approximate surface area is 208 Å². The van der Waals surface area contributed by atoms with E-state index >= 15 is 0 Å². The molecular formula is C20H18Cl2N6O4S2. The van der Waals surface area contributed by atoms with Gasteiger partial charge in [-0.05, 0) is 37.6 Å². The molecule has 3 aromatic rings. The number of urea groups is 1. The number of hydrogen-bond donors (Lipinski definition) is 3. The SMILES string of the molecule is CNc1cc2nc(C)n(-c3ccc(NC(=O)NS(=O)(=O)C4=CCC(Cl)S4)cn3)c(=O)c2cc1Cl. The predicted octanol–water partition coefficient (Wildman–Crippen LogP) is 3.78. The summed E-state index contributed by atoms with van der Waals surface area (Å²) < 4.78 is 27.4. The summed E-state index contributed by atoms with van der Waals surface area (Å²) in [5, 5.41) is 6.05. The monoisotopic (exact) mass is 540 g/mol. The highest BCUT2D eigenvalue weighted by Crippen LogP contribution is 2.37. The molecule has 0 bridgehead atoms. The molecule has 1 aliphatic heterocycles. The van der Waals surface area contributed by atoms with E-state index in [2.05, 4.69) is 20.6 Å². The highest BCUT2D eigenvalue weighted by Gasteiger charge is 2.27. The van der Waals surface area contributed by atoms with Crippen LogP contribution in [0.5, 0.6) is 0 Å². The average Bonchev–Trinajstić information content (AvgIpc) is 3.22. The van der Waals surface area contributed by atoms with Crippen molar-refractivity contribution in [3.05, 3.63) is 62.0 Å². The number of carbonyl (C=O) groups excluding carboxylic acids is 1. The second kappa shape index (κ2) is 9.45. The number of allylic oxidation sites excluding steroid dienone is 1. The van der Waals surface area contributed by atoms with Crippen molar-refractivity contribution in [3.63, 3.8) is 0 Å². The number of sulfonamides is 1. The third-order valence-electron chi connectivity index (χ3n) is 4.83. The van der Waals surface area contributed by atoms with E-state index < -0.39 is 16.1 Å². The molecule has 2 amide bonds. The number of alkyl halides is 1.